The van der Waals surface area contributed by atoms with E-state index >= 15 is 0 Å². The number of nitrogen functional groups attached to an aromatic ring is 1. The zero-order chi connectivity index (χ0) is 12.4. The molecule has 3 N–H and O–H groups in total. The van der Waals surface area contributed by atoms with Gasteiger partial charge in [0, 0.05) is 18.8 Å². The molecule has 0 spiro atoms. The summed E-state index contributed by atoms with van der Waals surface area (Å²) in [5, 5.41) is 7.41. The van der Waals surface area contributed by atoms with Gasteiger partial charge in [0.1, 0.15) is 11.5 Å². The number of anilines is 1. The second-order valence-corrected chi connectivity index (χ2v) is 4.93. The van der Waals surface area contributed by atoms with Crippen LogP contribution in [-0.4, -0.2) is 28.4 Å². The van der Waals surface area contributed by atoms with Crippen molar-refractivity contribution in [3.05, 3.63) is 18.0 Å². The van der Waals surface area contributed by atoms with Gasteiger partial charge in [0.25, 0.3) is 0 Å². The molecule has 1 aromatic heterocycles. The predicted octanol–water partition coefficient (Wildman–Crippen LogP) is 1.39. The smallest absolute Gasteiger partial charge is 0.226 e. The first kappa shape index (κ1) is 11.8. The molecule has 92 valence electrons. The number of aromatic nitrogens is 2. The number of nitrogens with zero attached hydrogens (tertiary/aromatic N) is 3. The summed E-state index contributed by atoms with van der Waals surface area (Å²) in [5.74, 6) is 1.27. The molecule has 5 heteroatoms. The Morgan fingerprint density at radius 2 is 2.29 bits per heavy atom. The second kappa shape index (κ2) is 4.69. The van der Waals surface area contributed by atoms with Crippen LogP contribution in [0.1, 0.15) is 32.4 Å². The third kappa shape index (κ3) is 2.93. The first-order valence-electron chi connectivity index (χ1n) is 6.02. The zero-order valence-electron chi connectivity index (χ0n) is 10.3. The number of hydrogen-bond donors (Lipinski definition) is 2. The van der Waals surface area contributed by atoms with Gasteiger partial charge in [-0.15, -0.1) is 0 Å². The van der Waals surface area contributed by atoms with Crippen molar-refractivity contribution in [2.75, 3.05) is 11.4 Å². The first-order valence-corrected chi connectivity index (χ1v) is 6.02. The van der Waals surface area contributed by atoms with Crippen LogP contribution in [0.2, 0.25) is 0 Å². The summed E-state index contributed by atoms with van der Waals surface area (Å²) in [7, 11) is 0. The molecule has 1 heterocycles. The molecule has 17 heavy (non-hydrogen) atoms. The van der Waals surface area contributed by atoms with E-state index in [1.807, 2.05) is 0 Å². The van der Waals surface area contributed by atoms with Crippen molar-refractivity contribution in [3.8, 4) is 0 Å². The molecule has 0 unspecified atom stereocenters. The van der Waals surface area contributed by atoms with Crippen molar-refractivity contribution in [2.45, 2.75) is 32.7 Å². The fourth-order valence-electron chi connectivity index (χ4n) is 1.81. The highest BCUT2D eigenvalue weighted by molar-refractivity contribution is 5.93. The zero-order valence-corrected chi connectivity index (χ0v) is 10.3. The van der Waals surface area contributed by atoms with Gasteiger partial charge in [0.15, 0.2) is 0 Å². The average molecular weight is 233 g/mol. The highest BCUT2D eigenvalue weighted by Gasteiger charge is 2.31. The first-order chi connectivity index (χ1) is 8.08. The lowest BCUT2D eigenvalue weighted by Crippen LogP contribution is -2.32. The normalized spacial score (nSPS) is 15.0. The van der Waals surface area contributed by atoms with Crippen LogP contribution in [0.5, 0.6) is 0 Å². The number of hydrogen-bond acceptors (Lipinski definition) is 4. The Hall–Kier alpha value is -1.65. The van der Waals surface area contributed by atoms with Crippen molar-refractivity contribution in [1.82, 2.24) is 9.97 Å². The molecule has 2 rings (SSSR count). The van der Waals surface area contributed by atoms with Crippen molar-refractivity contribution < 1.29 is 0 Å². The van der Waals surface area contributed by atoms with Gasteiger partial charge in [-0.05, 0) is 24.8 Å². The average Bonchev–Trinajstić information content (AvgIpc) is 3.09. The molecule has 0 bridgehead atoms. The molecule has 0 aliphatic heterocycles. The van der Waals surface area contributed by atoms with Crippen molar-refractivity contribution in [3.63, 3.8) is 0 Å². The van der Waals surface area contributed by atoms with Gasteiger partial charge >= 0.3 is 0 Å². The standard InChI is InChI=1S/C12H19N5/c1-8(2)7-17(9-3-4-9)12-15-6-5-10(16-12)11(13)14/h5-6,8-9H,3-4,7H2,1-2H3,(H3,13,14). The Balaban J connectivity index is 2.22. The molecule has 0 saturated heterocycles. The number of nitrogens with one attached hydrogen (secondary N) is 1. The molecular weight excluding hydrogens is 214 g/mol. The van der Waals surface area contributed by atoms with Gasteiger partial charge < -0.3 is 10.6 Å². The third-order valence-corrected chi connectivity index (χ3v) is 2.73. The van der Waals surface area contributed by atoms with Gasteiger partial charge in [-0.2, -0.15) is 0 Å². The number of amidine groups is 1. The molecule has 0 atom stereocenters. The Morgan fingerprint density at radius 1 is 1.59 bits per heavy atom. The largest absolute Gasteiger partial charge is 0.382 e. The molecular formula is C12H19N5. The van der Waals surface area contributed by atoms with Crippen LogP contribution in [0.15, 0.2) is 12.3 Å². The van der Waals surface area contributed by atoms with Gasteiger partial charge in [-0.1, -0.05) is 13.8 Å². The summed E-state index contributed by atoms with van der Waals surface area (Å²) in [6.07, 6.45) is 4.09. The minimum absolute atomic E-state index is 0.00561. The van der Waals surface area contributed by atoms with E-state index in [9.17, 15) is 0 Å². The SMILES string of the molecule is CC(C)CN(c1nccc(C(=N)N)n1)C1CC1. The van der Waals surface area contributed by atoms with Crippen LogP contribution >= 0.6 is 0 Å². The van der Waals surface area contributed by atoms with Crippen LogP contribution in [0.3, 0.4) is 0 Å². The molecule has 1 aliphatic carbocycles. The van der Waals surface area contributed by atoms with E-state index < -0.39 is 0 Å². The fraction of sp³-hybridized carbons (Fsp3) is 0.583. The predicted molar refractivity (Wildman–Crippen MR) is 68.3 cm³/mol. The monoisotopic (exact) mass is 233 g/mol. The lowest BCUT2D eigenvalue weighted by atomic mass is 10.2. The quantitative estimate of drug-likeness (QED) is 0.595. The van der Waals surface area contributed by atoms with Gasteiger partial charge in [0.2, 0.25) is 5.95 Å². The minimum atomic E-state index is -0.00561. The highest BCUT2D eigenvalue weighted by Crippen LogP contribution is 2.30. The maximum Gasteiger partial charge on any atom is 0.226 e. The topological polar surface area (TPSA) is 78.9 Å². The Morgan fingerprint density at radius 3 is 2.82 bits per heavy atom. The van der Waals surface area contributed by atoms with Gasteiger partial charge in [-0.3, -0.25) is 5.41 Å². The van der Waals surface area contributed by atoms with E-state index in [4.69, 9.17) is 11.1 Å². The number of nitrogens with two attached hydrogens (primary N) is 1. The summed E-state index contributed by atoms with van der Waals surface area (Å²) in [6, 6.07) is 2.24. The van der Waals surface area contributed by atoms with Crippen molar-refractivity contribution >= 4 is 11.8 Å². The van der Waals surface area contributed by atoms with Crippen LogP contribution in [0.25, 0.3) is 0 Å². The Bertz CT molecular complexity index is 411. The fourth-order valence-corrected chi connectivity index (χ4v) is 1.81. The van der Waals surface area contributed by atoms with Gasteiger partial charge in [0.05, 0.1) is 0 Å². The van der Waals surface area contributed by atoms with Crippen molar-refractivity contribution in [1.29, 1.82) is 5.41 Å². The lowest BCUT2D eigenvalue weighted by molar-refractivity contribution is 0.597. The molecule has 0 aromatic carbocycles. The van der Waals surface area contributed by atoms with E-state index in [2.05, 4.69) is 28.7 Å². The van der Waals surface area contributed by atoms with Crippen LogP contribution in [-0.2, 0) is 0 Å². The van der Waals surface area contributed by atoms with Crippen LogP contribution in [0, 0.1) is 11.3 Å². The second-order valence-electron chi connectivity index (χ2n) is 4.93. The van der Waals surface area contributed by atoms with Crippen LogP contribution < -0.4 is 10.6 Å². The molecule has 1 aromatic rings. The Kier molecular flexibility index (Phi) is 3.26. The van der Waals surface area contributed by atoms with E-state index in [0.29, 0.717) is 23.6 Å². The summed E-state index contributed by atoms with van der Waals surface area (Å²) < 4.78 is 0. The van der Waals surface area contributed by atoms with Crippen molar-refractivity contribution in [2.24, 2.45) is 11.7 Å². The molecule has 0 amide bonds. The van der Waals surface area contributed by atoms with E-state index in [0.717, 1.165) is 6.54 Å². The summed E-state index contributed by atoms with van der Waals surface area (Å²) in [5.41, 5.74) is 5.95. The maximum absolute atomic E-state index is 7.41. The summed E-state index contributed by atoms with van der Waals surface area (Å²) >= 11 is 0. The van der Waals surface area contributed by atoms with Crippen LogP contribution in [0.4, 0.5) is 5.95 Å². The summed E-state index contributed by atoms with van der Waals surface area (Å²) in [6.45, 7) is 5.32. The van der Waals surface area contributed by atoms with Gasteiger partial charge in [-0.25, -0.2) is 9.97 Å². The molecule has 5 nitrogen and oxygen atoms in total. The highest BCUT2D eigenvalue weighted by atomic mass is 15.3. The third-order valence-electron chi connectivity index (χ3n) is 2.73. The maximum atomic E-state index is 7.41. The minimum Gasteiger partial charge on any atom is -0.382 e. The molecule has 1 fully saturated rings. The Labute approximate surface area is 102 Å². The van der Waals surface area contributed by atoms with E-state index in [-0.39, 0.29) is 5.84 Å². The molecule has 1 saturated carbocycles. The summed E-state index contributed by atoms with van der Waals surface area (Å²) in [4.78, 5) is 10.9. The lowest BCUT2D eigenvalue weighted by Gasteiger charge is -2.24. The van der Waals surface area contributed by atoms with E-state index in [1.165, 1.54) is 12.8 Å². The van der Waals surface area contributed by atoms with E-state index in [1.54, 1.807) is 12.3 Å². The number of rotatable bonds is 5. The molecule has 1 aliphatic rings. The molecule has 0 radical (unpaired) electrons.